The molecule has 2 heteroatoms. The van der Waals surface area contributed by atoms with E-state index in [4.69, 9.17) is 4.98 Å². The zero-order valence-electron chi connectivity index (χ0n) is 12.2. The second-order valence-electron chi connectivity index (χ2n) is 5.35. The van der Waals surface area contributed by atoms with E-state index in [0.717, 1.165) is 29.0 Å². The molecule has 0 radical (unpaired) electrons. The lowest BCUT2D eigenvalue weighted by atomic mass is 10.0. The maximum Gasteiger partial charge on any atom is 0.142 e. The van der Waals surface area contributed by atoms with Gasteiger partial charge in [-0.1, -0.05) is 60.7 Å². The summed E-state index contributed by atoms with van der Waals surface area (Å²) in [5.74, 6) is 0.998. The van der Waals surface area contributed by atoms with Gasteiger partial charge in [-0.15, -0.1) is 6.58 Å². The average Bonchev–Trinajstić information content (AvgIpc) is 2.93. The molecule has 106 valence electrons. The summed E-state index contributed by atoms with van der Waals surface area (Å²) in [7, 11) is 0. The van der Waals surface area contributed by atoms with Gasteiger partial charge >= 0.3 is 0 Å². The summed E-state index contributed by atoms with van der Waals surface area (Å²) in [4.78, 5) is 4.87. The van der Waals surface area contributed by atoms with Crippen molar-refractivity contribution in [2.24, 2.45) is 0 Å². The second-order valence-corrected chi connectivity index (χ2v) is 5.35. The van der Waals surface area contributed by atoms with Gasteiger partial charge in [0.15, 0.2) is 0 Å². The summed E-state index contributed by atoms with van der Waals surface area (Å²) < 4.78 is 2.23. The molecule has 2 nitrogen and oxygen atoms in total. The molecule has 0 aliphatic rings. The van der Waals surface area contributed by atoms with Gasteiger partial charge in [0.05, 0.1) is 11.0 Å². The van der Waals surface area contributed by atoms with Crippen LogP contribution in [0.1, 0.15) is 0 Å². The number of aromatic nitrogens is 2. The van der Waals surface area contributed by atoms with Gasteiger partial charge in [0, 0.05) is 12.1 Å². The Kier molecular flexibility index (Phi) is 3.01. The topological polar surface area (TPSA) is 17.8 Å². The third-order valence-electron chi connectivity index (χ3n) is 4.00. The van der Waals surface area contributed by atoms with Crippen LogP contribution >= 0.6 is 0 Å². The van der Waals surface area contributed by atoms with Crippen LogP contribution in [0.3, 0.4) is 0 Å². The Labute approximate surface area is 129 Å². The highest BCUT2D eigenvalue weighted by molar-refractivity contribution is 5.96. The molecular formula is C20H16N2. The van der Waals surface area contributed by atoms with Crippen molar-refractivity contribution < 1.29 is 0 Å². The Morgan fingerprint density at radius 2 is 1.68 bits per heavy atom. The zero-order valence-corrected chi connectivity index (χ0v) is 12.2. The first-order chi connectivity index (χ1) is 10.9. The number of hydrogen-bond donors (Lipinski definition) is 0. The molecule has 0 saturated heterocycles. The normalized spacial score (nSPS) is 11.1. The van der Waals surface area contributed by atoms with Crippen molar-refractivity contribution in [3.63, 3.8) is 0 Å². The Bertz CT molecular complexity index is 974. The van der Waals surface area contributed by atoms with Gasteiger partial charge in [-0.05, 0) is 22.9 Å². The summed E-state index contributed by atoms with van der Waals surface area (Å²) in [5.41, 5.74) is 3.33. The first kappa shape index (κ1) is 12.8. The van der Waals surface area contributed by atoms with E-state index >= 15 is 0 Å². The summed E-state index contributed by atoms with van der Waals surface area (Å²) in [6.07, 6.45) is 1.92. The fraction of sp³-hybridized carbons (Fsp3) is 0.0500. The van der Waals surface area contributed by atoms with Crippen LogP contribution in [-0.2, 0) is 6.54 Å². The number of hydrogen-bond acceptors (Lipinski definition) is 1. The molecular weight excluding hydrogens is 268 g/mol. The molecule has 1 aromatic heterocycles. The number of imidazole rings is 1. The molecule has 0 amide bonds. The molecule has 0 saturated carbocycles. The Morgan fingerprint density at radius 1 is 0.909 bits per heavy atom. The highest BCUT2D eigenvalue weighted by Gasteiger charge is 2.13. The number of rotatable bonds is 3. The molecule has 1 heterocycles. The van der Waals surface area contributed by atoms with Crippen LogP contribution in [0.5, 0.6) is 0 Å². The lowest BCUT2D eigenvalue weighted by Gasteiger charge is -2.09. The van der Waals surface area contributed by atoms with Gasteiger partial charge in [-0.2, -0.15) is 0 Å². The molecule has 0 aliphatic carbocycles. The van der Waals surface area contributed by atoms with E-state index in [1.165, 1.54) is 10.8 Å². The Hall–Kier alpha value is -2.87. The largest absolute Gasteiger partial charge is 0.320 e. The molecule has 0 aliphatic heterocycles. The van der Waals surface area contributed by atoms with Crippen LogP contribution < -0.4 is 0 Å². The van der Waals surface area contributed by atoms with E-state index < -0.39 is 0 Å². The zero-order chi connectivity index (χ0) is 14.9. The predicted octanol–water partition coefficient (Wildman–Crippen LogP) is 5.04. The van der Waals surface area contributed by atoms with Gasteiger partial charge in [-0.3, -0.25) is 0 Å². The minimum absolute atomic E-state index is 0.749. The maximum atomic E-state index is 4.87. The van der Waals surface area contributed by atoms with E-state index in [-0.39, 0.29) is 0 Å². The average molecular weight is 284 g/mol. The van der Waals surface area contributed by atoms with Gasteiger partial charge < -0.3 is 4.57 Å². The predicted molar refractivity (Wildman–Crippen MR) is 92.9 cm³/mol. The third-order valence-corrected chi connectivity index (χ3v) is 4.00. The quantitative estimate of drug-likeness (QED) is 0.482. The molecule has 0 spiro atoms. The highest BCUT2D eigenvalue weighted by atomic mass is 15.1. The molecule has 22 heavy (non-hydrogen) atoms. The van der Waals surface area contributed by atoms with Crippen LogP contribution in [0.25, 0.3) is 33.2 Å². The minimum atomic E-state index is 0.749. The van der Waals surface area contributed by atoms with E-state index in [9.17, 15) is 0 Å². The molecule has 0 unspecified atom stereocenters. The minimum Gasteiger partial charge on any atom is -0.320 e. The SMILES string of the molecule is C=CCn1c(-c2cccc3ccccc23)nc2ccccc21. The van der Waals surface area contributed by atoms with E-state index in [0.29, 0.717) is 0 Å². The summed E-state index contributed by atoms with van der Waals surface area (Å²) in [5, 5.41) is 2.46. The van der Waals surface area contributed by atoms with Crippen LogP contribution in [0.2, 0.25) is 0 Å². The van der Waals surface area contributed by atoms with E-state index in [1.54, 1.807) is 0 Å². The number of benzene rings is 3. The van der Waals surface area contributed by atoms with Gasteiger partial charge in [0.25, 0.3) is 0 Å². The molecule has 4 rings (SSSR count). The van der Waals surface area contributed by atoms with Crippen LogP contribution in [0.15, 0.2) is 79.4 Å². The van der Waals surface area contributed by atoms with Crippen molar-refractivity contribution in [1.29, 1.82) is 0 Å². The molecule has 3 aromatic carbocycles. The van der Waals surface area contributed by atoms with Crippen molar-refractivity contribution in [1.82, 2.24) is 9.55 Å². The van der Waals surface area contributed by atoms with Crippen LogP contribution in [0.4, 0.5) is 0 Å². The van der Waals surface area contributed by atoms with Crippen molar-refractivity contribution in [3.8, 4) is 11.4 Å². The van der Waals surface area contributed by atoms with E-state index in [1.807, 2.05) is 12.1 Å². The van der Waals surface area contributed by atoms with Crippen molar-refractivity contribution in [2.45, 2.75) is 6.54 Å². The number of para-hydroxylation sites is 2. The molecule has 0 atom stereocenters. The number of fused-ring (bicyclic) bond motifs is 2. The van der Waals surface area contributed by atoms with Crippen molar-refractivity contribution in [2.75, 3.05) is 0 Å². The van der Waals surface area contributed by atoms with Gasteiger partial charge in [-0.25, -0.2) is 4.98 Å². The molecule has 0 fully saturated rings. The van der Waals surface area contributed by atoms with Crippen LogP contribution in [0, 0.1) is 0 Å². The lowest BCUT2D eigenvalue weighted by Crippen LogP contribution is -1.98. The first-order valence-electron chi connectivity index (χ1n) is 7.43. The summed E-state index contributed by atoms with van der Waals surface area (Å²) in [6.45, 7) is 4.64. The number of allylic oxidation sites excluding steroid dienone is 1. The molecule has 4 aromatic rings. The Morgan fingerprint density at radius 3 is 2.59 bits per heavy atom. The smallest absolute Gasteiger partial charge is 0.142 e. The summed E-state index contributed by atoms with van der Waals surface area (Å²) >= 11 is 0. The van der Waals surface area contributed by atoms with Gasteiger partial charge in [0.2, 0.25) is 0 Å². The number of nitrogens with zero attached hydrogens (tertiary/aromatic N) is 2. The Balaban J connectivity index is 2.08. The lowest BCUT2D eigenvalue weighted by molar-refractivity contribution is 0.863. The van der Waals surface area contributed by atoms with E-state index in [2.05, 4.69) is 71.8 Å². The first-order valence-corrected chi connectivity index (χ1v) is 7.43. The monoisotopic (exact) mass is 284 g/mol. The molecule has 0 bridgehead atoms. The van der Waals surface area contributed by atoms with Gasteiger partial charge in [0.1, 0.15) is 5.82 Å². The fourth-order valence-corrected chi connectivity index (χ4v) is 3.02. The van der Waals surface area contributed by atoms with Crippen molar-refractivity contribution in [3.05, 3.63) is 79.4 Å². The third kappa shape index (κ3) is 1.92. The standard InChI is InChI=1S/C20H16N2/c1-2-14-22-19-13-6-5-12-18(19)21-20(22)17-11-7-9-15-8-3-4-10-16(15)17/h2-13H,1,14H2. The van der Waals surface area contributed by atoms with Crippen LogP contribution in [-0.4, -0.2) is 9.55 Å². The molecule has 0 N–H and O–H groups in total. The highest BCUT2D eigenvalue weighted by Crippen LogP contribution is 2.30. The summed E-state index contributed by atoms with van der Waals surface area (Å²) in [6, 6.07) is 23.1. The fourth-order valence-electron chi connectivity index (χ4n) is 3.02. The van der Waals surface area contributed by atoms with Crippen molar-refractivity contribution >= 4 is 21.8 Å². The maximum absolute atomic E-state index is 4.87. The second kappa shape index (κ2) is 5.15.